The number of thiophene rings is 1. The van der Waals surface area contributed by atoms with Gasteiger partial charge in [0.15, 0.2) is 0 Å². The summed E-state index contributed by atoms with van der Waals surface area (Å²) >= 11 is 1.99. The van der Waals surface area contributed by atoms with Crippen LogP contribution in [0, 0.1) is 13.8 Å². The molecule has 1 aromatic rings. The lowest BCUT2D eigenvalue weighted by Crippen LogP contribution is -2.05. The van der Waals surface area contributed by atoms with Crippen LogP contribution >= 0.6 is 11.3 Å². The van der Waals surface area contributed by atoms with E-state index in [-0.39, 0.29) is 0 Å². The van der Waals surface area contributed by atoms with Gasteiger partial charge in [0.1, 0.15) is 0 Å². The zero-order chi connectivity index (χ0) is 8.72. The first-order valence-electron chi connectivity index (χ1n) is 4.79. The number of rotatable bonds is 0. The Morgan fingerprint density at radius 2 is 2.00 bits per heavy atom. The minimum Gasteiger partial charge on any atom is -0.145 e. The molecule has 1 atom stereocenters. The molecule has 0 saturated heterocycles. The lowest BCUT2D eigenvalue weighted by atomic mass is 9.84. The van der Waals surface area contributed by atoms with Crippen molar-refractivity contribution < 1.29 is 0 Å². The molecule has 1 heteroatoms. The number of hydrogen-bond acceptors (Lipinski definition) is 1. The molecule has 0 N–H and O–H groups in total. The molecule has 0 spiro atoms. The van der Waals surface area contributed by atoms with E-state index >= 15 is 0 Å². The molecule has 1 unspecified atom stereocenters. The molecule has 0 radical (unpaired) electrons. The molecule has 0 saturated carbocycles. The standard InChI is InChI=1S/C11H16S/c1-7-5-4-6-10-8(2)12-9(3)11(7)10/h7H,4-6H2,1-3H3. The van der Waals surface area contributed by atoms with Gasteiger partial charge in [-0.3, -0.25) is 0 Å². The summed E-state index contributed by atoms with van der Waals surface area (Å²) in [4.78, 5) is 3.13. The average molecular weight is 180 g/mol. The van der Waals surface area contributed by atoms with Gasteiger partial charge in [-0.25, -0.2) is 0 Å². The van der Waals surface area contributed by atoms with Crippen molar-refractivity contribution in [3.05, 3.63) is 20.9 Å². The van der Waals surface area contributed by atoms with E-state index in [1.54, 1.807) is 20.9 Å². The Morgan fingerprint density at radius 3 is 2.67 bits per heavy atom. The molecule has 0 aromatic carbocycles. The topological polar surface area (TPSA) is 0 Å². The quantitative estimate of drug-likeness (QED) is 0.569. The Kier molecular flexibility index (Phi) is 1.99. The summed E-state index contributed by atoms with van der Waals surface area (Å²) in [6.07, 6.45) is 4.12. The Labute approximate surface area is 78.6 Å². The summed E-state index contributed by atoms with van der Waals surface area (Å²) in [6, 6.07) is 0. The van der Waals surface area contributed by atoms with Gasteiger partial charge in [0.05, 0.1) is 0 Å². The lowest BCUT2D eigenvalue weighted by Gasteiger charge is -2.20. The van der Waals surface area contributed by atoms with E-state index in [1.807, 2.05) is 11.3 Å². The lowest BCUT2D eigenvalue weighted by molar-refractivity contribution is 0.590. The summed E-state index contributed by atoms with van der Waals surface area (Å²) < 4.78 is 0. The highest BCUT2D eigenvalue weighted by Crippen LogP contribution is 2.39. The minimum absolute atomic E-state index is 0.818. The predicted octanol–water partition coefficient (Wildman–Crippen LogP) is 3.80. The minimum atomic E-state index is 0.818. The van der Waals surface area contributed by atoms with Crippen LogP contribution in [0.3, 0.4) is 0 Å². The van der Waals surface area contributed by atoms with Gasteiger partial charge in [0, 0.05) is 9.75 Å². The second-order valence-electron chi connectivity index (χ2n) is 3.90. The largest absolute Gasteiger partial charge is 0.145 e. The normalized spacial score (nSPS) is 22.4. The molecule has 1 heterocycles. The van der Waals surface area contributed by atoms with E-state index in [0.29, 0.717) is 0 Å². The van der Waals surface area contributed by atoms with E-state index in [4.69, 9.17) is 0 Å². The fourth-order valence-corrected chi connectivity index (χ4v) is 3.66. The molecule has 0 fully saturated rings. The fraction of sp³-hybridized carbons (Fsp3) is 0.636. The van der Waals surface area contributed by atoms with Gasteiger partial charge in [0.25, 0.3) is 0 Å². The second kappa shape index (κ2) is 2.88. The molecule has 66 valence electrons. The van der Waals surface area contributed by atoms with Crippen molar-refractivity contribution >= 4 is 11.3 Å². The number of aryl methyl sites for hydroxylation is 2. The highest BCUT2D eigenvalue weighted by Gasteiger charge is 2.21. The molecule has 12 heavy (non-hydrogen) atoms. The summed E-state index contributed by atoms with van der Waals surface area (Å²) in [5.41, 5.74) is 3.36. The molecule has 1 aliphatic carbocycles. The van der Waals surface area contributed by atoms with E-state index in [0.717, 1.165) is 5.92 Å². The molecular weight excluding hydrogens is 164 g/mol. The van der Waals surface area contributed by atoms with E-state index in [2.05, 4.69) is 20.8 Å². The molecule has 2 rings (SSSR count). The summed E-state index contributed by atoms with van der Waals surface area (Å²) in [5, 5.41) is 0. The highest BCUT2D eigenvalue weighted by molar-refractivity contribution is 7.12. The van der Waals surface area contributed by atoms with E-state index in [1.165, 1.54) is 19.3 Å². The van der Waals surface area contributed by atoms with Crippen molar-refractivity contribution in [2.75, 3.05) is 0 Å². The first kappa shape index (κ1) is 8.31. The Morgan fingerprint density at radius 1 is 1.25 bits per heavy atom. The van der Waals surface area contributed by atoms with E-state index in [9.17, 15) is 0 Å². The maximum absolute atomic E-state index is 2.37. The first-order chi connectivity index (χ1) is 5.70. The van der Waals surface area contributed by atoms with Crippen LogP contribution in [0.4, 0.5) is 0 Å². The number of hydrogen-bond donors (Lipinski definition) is 0. The van der Waals surface area contributed by atoms with Crippen molar-refractivity contribution in [3.8, 4) is 0 Å². The summed E-state index contributed by atoms with van der Waals surface area (Å²) in [6.45, 7) is 6.92. The van der Waals surface area contributed by atoms with Crippen LogP contribution in [0.1, 0.15) is 46.6 Å². The van der Waals surface area contributed by atoms with Crippen molar-refractivity contribution in [1.82, 2.24) is 0 Å². The van der Waals surface area contributed by atoms with Crippen LogP contribution < -0.4 is 0 Å². The maximum Gasteiger partial charge on any atom is 0.00546 e. The second-order valence-corrected chi connectivity index (χ2v) is 5.33. The summed E-state index contributed by atoms with van der Waals surface area (Å²) in [7, 11) is 0. The van der Waals surface area contributed by atoms with Crippen molar-refractivity contribution in [3.63, 3.8) is 0 Å². The third kappa shape index (κ3) is 1.11. The van der Waals surface area contributed by atoms with Gasteiger partial charge >= 0.3 is 0 Å². The van der Waals surface area contributed by atoms with Crippen LogP contribution in [-0.4, -0.2) is 0 Å². The van der Waals surface area contributed by atoms with Crippen LogP contribution in [0.2, 0.25) is 0 Å². The van der Waals surface area contributed by atoms with Crippen LogP contribution in [0.15, 0.2) is 0 Å². The molecule has 1 aromatic heterocycles. The molecule has 0 amide bonds. The predicted molar refractivity (Wildman–Crippen MR) is 55.1 cm³/mol. The zero-order valence-corrected chi connectivity index (χ0v) is 8.92. The fourth-order valence-electron chi connectivity index (χ4n) is 2.43. The smallest absolute Gasteiger partial charge is 0.00546 e. The SMILES string of the molecule is Cc1sc(C)c2c1CCCC2C. The van der Waals surface area contributed by atoms with Crippen molar-refractivity contribution in [2.45, 2.75) is 46.0 Å². The molecule has 0 bridgehead atoms. The Bertz CT molecular complexity index is 296. The van der Waals surface area contributed by atoms with Gasteiger partial charge in [-0.1, -0.05) is 6.92 Å². The molecular formula is C11H16S. The van der Waals surface area contributed by atoms with E-state index < -0.39 is 0 Å². The third-order valence-electron chi connectivity index (χ3n) is 2.99. The molecule has 1 aliphatic rings. The maximum atomic E-state index is 2.37. The highest BCUT2D eigenvalue weighted by atomic mass is 32.1. The van der Waals surface area contributed by atoms with Gasteiger partial charge in [0.2, 0.25) is 0 Å². The van der Waals surface area contributed by atoms with Crippen molar-refractivity contribution in [2.24, 2.45) is 0 Å². The first-order valence-corrected chi connectivity index (χ1v) is 5.60. The van der Waals surface area contributed by atoms with Crippen LogP contribution in [-0.2, 0) is 6.42 Å². The number of fused-ring (bicyclic) bond motifs is 1. The van der Waals surface area contributed by atoms with Gasteiger partial charge in [-0.05, 0) is 50.2 Å². The monoisotopic (exact) mass is 180 g/mol. The van der Waals surface area contributed by atoms with Gasteiger partial charge in [-0.2, -0.15) is 0 Å². The van der Waals surface area contributed by atoms with Crippen LogP contribution in [0.25, 0.3) is 0 Å². The average Bonchev–Trinajstić information content (AvgIpc) is 2.29. The zero-order valence-electron chi connectivity index (χ0n) is 8.11. The molecule has 0 aliphatic heterocycles. The Hall–Kier alpha value is -0.300. The van der Waals surface area contributed by atoms with Gasteiger partial charge < -0.3 is 0 Å². The van der Waals surface area contributed by atoms with Gasteiger partial charge in [-0.15, -0.1) is 11.3 Å². The van der Waals surface area contributed by atoms with Crippen LogP contribution in [0.5, 0.6) is 0 Å². The van der Waals surface area contributed by atoms with Crippen molar-refractivity contribution in [1.29, 1.82) is 0 Å². The Balaban J connectivity index is 2.55. The third-order valence-corrected chi connectivity index (χ3v) is 4.07. The molecule has 0 nitrogen and oxygen atoms in total. The summed E-state index contributed by atoms with van der Waals surface area (Å²) in [5.74, 6) is 0.818.